The molecule has 17 heavy (non-hydrogen) atoms. The predicted molar refractivity (Wildman–Crippen MR) is 63.7 cm³/mol. The molecule has 0 fully saturated rings. The van der Waals surface area contributed by atoms with Crippen molar-refractivity contribution in [1.82, 2.24) is 0 Å². The molecule has 0 atom stereocenters. The molecule has 0 saturated carbocycles. The zero-order valence-electron chi connectivity index (χ0n) is 9.87. The van der Waals surface area contributed by atoms with Gasteiger partial charge in [0.1, 0.15) is 5.75 Å². The minimum absolute atomic E-state index is 0.121. The van der Waals surface area contributed by atoms with Crippen LogP contribution in [-0.2, 0) is 9.53 Å². The van der Waals surface area contributed by atoms with Crippen LogP contribution < -0.4 is 4.74 Å². The van der Waals surface area contributed by atoms with E-state index in [1.807, 2.05) is 0 Å². The van der Waals surface area contributed by atoms with Gasteiger partial charge < -0.3 is 9.47 Å². The number of benzene rings is 1. The summed E-state index contributed by atoms with van der Waals surface area (Å²) < 4.78 is 9.74. The molecule has 0 amide bonds. The molecule has 0 saturated heterocycles. The van der Waals surface area contributed by atoms with Gasteiger partial charge >= 0.3 is 5.97 Å². The van der Waals surface area contributed by atoms with E-state index in [2.05, 4.69) is 4.74 Å². The Labute approximate surface area is 104 Å². The van der Waals surface area contributed by atoms with Crippen molar-refractivity contribution >= 4 is 23.4 Å². The molecule has 0 radical (unpaired) electrons. The first-order chi connectivity index (χ1) is 8.01. The molecule has 4 nitrogen and oxygen atoms in total. The van der Waals surface area contributed by atoms with Crippen LogP contribution in [0.4, 0.5) is 0 Å². The standard InChI is InChI=1S/C12H13ClO4/c1-4-17-12(15)10(14)9-6-8(13)5-7(2)11(9)16-3/h5-6H,4H2,1-3H3. The molecule has 1 aromatic carbocycles. The van der Waals surface area contributed by atoms with Crippen molar-refractivity contribution < 1.29 is 19.1 Å². The first-order valence-electron chi connectivity index (χ1n) is 5.06. The average molecular weight is 257 g/mol. The number of carbonyl (C=O) groups excluding carboxylic acids is 2. The molecule has 5 heteroatoms. The van der Waals surface area contributed by atoms with Crippen molar-refractivity contribution in [2.24, 2.45) is 0 Å². The lowest BCUT2D eigenvalue weighted by Crippen LogP contribution is -2.18. The van der Waals surface area contributed by atoms with Crippen molar-refractivity contribution in [2.75, 3.05) is 13.7 Å². The minimum Gasteiger partial charge on any atom is -0.496 e. The van der Waals surface area contributed by atoms with Gasteiger partial charge in [-0.05, 0) is 31.5 Å². The Kier molecular flexibility index (Phi) is 4.52. The first-order valence-corrected chi connectivity index (χ1v) is 5.44. The topological polar surface area (TPSA) is 52.6 Å². The lowest BCUT2D eigenvalue weighted by Gasteiger charge is -2.10. The quantitative estimate of drug-likeness (QED) is 0.472. The molecule has 1 rings (SSSR count). The number of methoxy groups -OCH3 is 1. The number of hydrogen-bond acceptors (Lipinski definition) is 4. The number of hydrogen-bond donors (Lipinski definition) is 0. The zero-order chi connectivity index (χ0) is 13.0. The van der Waals surface area contributed by atoms with E-state index < -0.39 is 11.8 Å². The summed E-state index contributed by atoms with van der Waals surface area (Å²) in [5.74, 6) is -1.32. The molecule has 0 heterocycles. The minimum atomic E-state index is -0.910. The van der Waals surface area contributed by atoms with Crippen LogP contribution in [0, 0.1) is 6.92 Å². The highest BCUT2D eigenvalue weighted by molar-refractivity contribution is 6.42. The Morgan fingerprint density at radius 1 is 1.35 bits per heavy atom. The smallest absolute Gasteiger partial charge is 0.379 e. The van der Waals surface area contributed by atoms with Crippen LogP contribution in [0.25, 0.3) is 0 Å². The van der Waals surface area contributed by atoms with E-state index in [0.717, 1.165) is 0 Å². The lowest BCUT2D eigenvalue weighted by atomic mass is 10.1. The Balaban J connectivity index is 3.20. The van der Waals surface area contributed by atoms with Gasteiger partial charge in [-0.3, -0.25) is 4.79 Å². The third-order valence-corrected chi connectivity index (χ3v) is 2.37. The largest absolute Gasteiger partial charge is 0.496 e. The van der Waals surface area contributed by atoms with Crippen molar-refractivity contribution in [2.45, 2.75) is 13.8 Å². The number of ketones is 1. The summed E-state index contributed by atoms with van der Waals surface area (Å²) in [7, 11) is 1.43. The maximum atomic E-state index is 11.8. The summed E-state index contributed by atoms with van der Waals surface area (Å²) in [6.07, 6.45) is 0. The van der Waals surface area contributed by atoms with Gasteiger partial charge in [-0.2, -0.15) is 0 Å². The number of aryl methyl sites for hydroxylation is 1. The van der Waals surface area contributed by atoms with Gasteiger partial charge in [0.25, 0.3) is 5.78 Å². The van der Waals surface area contributed by atoms with Crippen LogP contribution in [0.1, 0.15) is 22.8 Å². The highest BCUT2D eigenvalue weighted by Crippen LogP contribution is 2.28. The SMILES string of the molecule is CCOC(=O)C(=O)c1cc(Cl)cc(C)c1OC. The van der Waals surface area contributed by atoms with E-state index in [1.165, 1.54) is 13.2 Å². The molecule has 92 valence electrons. The predicted octanol–water partition coefficient (Wildman–Crippen LogP) is 2.40. The van der Waals surface area contributed by atoms with Gasteiger partial charge in [0, 0.05) is 5.02 Å². The number of Topliss-reactive ketones (excluding diaryl/α,β-unsaturated/α-hetero) is 1. The molecule has 0 aliphatic carbocycles. The highest BCUT2D eigenvalue weighted by Gasteiger charge is 2.23. The lowest BCUT2D eigenvalue weighted by molar-refractivity contribution is -0.137. The zero-order valence-corrected chi connectivity index (χ0v) is 10.6. The van der Waals surface area contributed by atoms with Gasteiger partial charge in [-0.1, -0.05) is 11.6 Å². The molecule has 0 spiro atoms. The van der Waals surface area contributed by atoms with Crippen LogP contribution >= 0.6 is 11.6 Å². The van der Waals surface area contributed by atoms with Crippen LogP contribution in [0.15, 0.2) is 12.1 Å². The van der Waals surface area contributed by atoms with Crippen LogP contribution in [0.5, 0.6) is 5.75 Å². The second-order valence-electron chi connectivity index (χ2n) is 3.35. The van der Waals surface area contributed by atoms with Gasteiger partial charge in [-0.25, -0.2) is 4.79 Å². The van der Waals surface area contributed by atoms with Crippen molar-refractivity contribution in [3.8, 4) is 5.75 Å². The maximum Gasteiger partial charge on any atom is 0.379 e. The Bertz CT molecular complexity index is 454. The van der Waals surface area contributed by atoms with Crippen LogP contribution in [0.3, 0.4) is 0 Å². The van der Waals surface area contributed by atoms with Crippen molar-refractivity contribution in [3.05, 3.63) is 28.3 Å². The fourth-order valence-electron chi connectivity index (χ4n) is 1.48. The van der Waals surface area contributed by atoms with Gasteiger partial charge in [0.05, 0.1) is 19.3 Å². The number of carbonyl (C=O) groups is 2. The molecule has 0 bridgehead atoms. The average Bonchev–Trinajstić information content (AvgIpc) is 2.27. The molecule has 0 aliphatic heterocycles. The van der Waals surface area contributed by atoms with Crippen LogP contribution in [-0.4, -0.2) is 25.5 Å². The second kappa shape index (κ2) is 5.68. The van der Waals surface area contributed by atoms with Gasteiger partial charge in [0.15, 0.2) is 0 Å². The summed E-state index contributed by atoms with van der Waals surface area (Å²) in [5.41, 5.74) is 0.809. The van der Waals surface area contributed by atoms with Crippen LogP contribution in [0.2, 0.25) is 5.02 Å². The third-order valence-electron chi connectivity index (χ3n) is 2.15. The van der Waals surface area contributed by atoms with Gasteiger partial charge in [0.2, 0.25) is 0 Å². The molecular weight excluding hydrogens is 244 g/mol. The number of ether oxygens (including phenoxy) is 2. The number of halogens is 1. The molecule has 0 aromatic heterocycles. The van der Waals surface area contributed by atoms with E-state index >= 15 is 0 Å². The van der Waals surface area contributed by atoms with E-state index in [9.17, 15) is 9.59 Å². The highest BCUT2D eigenvalue weighted by atomic mass is 35.5. The number of rotatable bonds is 4. The number of esters is 1. The normalized spacial score (nSPS) is 9.88. The Morgan fingerprint density at radius 2 is 2.00 bits per heavy atom. The van der Waals surface area contributed by atoms with E-state index in [-0.39, 0.29) is 12.2 Å². The van der Waals surface area contributed by atoms with E-state index in [4.69, 9.17) is 16.3 Å². The Morgan fingerprint density at radius 3 is 2.53 bits per heavy atom. The third kappa shape index (κ3) is 2.97. The fraction of sp³-hybridized carbons (Fsp3) is 0.333. The summed E-state index contributed by atoms with van der Waals surface area (Å²) >= 11 is 5.85. The maximum absolute atomic E-state index is 11.8. The summed E-state index contributed by atoms with van der Waals surface area (Å²) in [6, 6.07) is 3.05. The van der Waals surface area contributed by atoms with Crippen molar-refractivity contribution in [1.29, 1.82) is 0 Å². The molecule has 1 aromatic rings. The van der Waals surface area contributed by atoms with E-state index in [1.54, 1.807) is 19.9 Å². The first kappa shape index (κ1) is 13.5. The summed E-state index contributed by atoms with van der Waals surface area (Å²) in [4.78, 5) is 23.2. The van der Waals surface area contributed by atoms with E-state index in [0.29, 0.717) is 16.3 Å². The van der Waals surface area contributed by atoms with Gasteiger partial charge in [-0.15, -0.1) is 0 Å². The van der Waals surface area contributed by atoms with Crippen molar-refractivity contribution in [3.63, 3.8) is 0 Å². The summed E-state index contributed by atoms with van der Waals surface area (Å²) in [6.45, 7) is 3.52. The fourth-order valence-corrected chi connectivity index (χ4v) is 1.75. The molecular formula is C12H13ClO4. The molecule has 0 aliphatic rings. The summed E-state index contributed by atoms with van der Waals surface area (Å²) in [5, 5.41) is 0.371. The molecule has 0 N–H and O–H groups in total. The second-order valence-corrected chi connectivity index (χ2v) is 3.79. The molecule has 0 unspecified atom stereocenters. The monoisotopic (exact) mass is 256 g/mol. The Hall–Kier alpha value is -1.55.